The number of hydrogen-bond donors (Lipinski definition) is 2. The molecule has 0 aliphatic heterocycles. The minimum atomic E-state index is -4.75. The van der Waals surface area contributed by atoms with E-state index in [0.717, 1.165) is 5.56 Å². The second kappa shape index (κ2) is 8.58. The molecular weight excluding hydrogens is 423 g/mol. The van der Waals surface area contributed by atoms with Gasteiger partial charge >= 0.3 is 6.36 Å². The Hall–Kier alpha value is -4.08. The highest BCUT2D eigenvalue weighted by atomic mass is 19.4. The molecule has 0 aliphatic carbocycles. The van der Waals surface area contributed by atoms with Crippen molar-refractivity contribution in [2.24, 2.45) is 5.73 Å². The van der Waals surface area contributed by atoms with Crippen molar-refractivity contribution in [2.45, 2.75) is 12.8 Å². The highest BCUT2D eigenvalue weighted by Gasteiger charge is 2.31. The van der Waals surface area contributed by atoms with Gasteiger partial charge in [-0.15, -0.1) is 18.3 Å². The Labute approximate surface area is 180 Å². The molecule has 4 aromatic rings. The number of nitrogens with one attached hydrogen (secondary N) is 1. The predicted molar refractivity (Wildman–Crippen MR) is 112 cm³/mol. The van der Waals surface area contributed by atoms with E-state index in [-0.39, 0.29) is 5.75 Å². The molecule has 0 unspecified atom stereocenters. The number of fused-ring (bicyclic) bond motifs is 1. The van der Waals surface area contributed by atoms with E-state index in [2.05, 4.69) is 20.1 Å². The number of ether oxygens (including phenoxy) is 1. The Morgan fingerprint density at radius 3 is 2.53 bits per heavy atom. The number of carbonyl (C=O) groups is 1. The van der Waals surface area contributed by atoms with Crippen LogP contribution >= 0.6 is 0 Å². The van der Waals surface area contributed by atoms with E-state index < -0.39 is 12.3 Å². The Kier molecular flexibility index (Phi) is 5.67. The van der Waals surface area contributed by atoms with Crippen molar-refractivity contribution in [3.05, 3.63) is 78.0 Å². The number of alkyl halides is 3. The van der Waals surface area contributed by atoms with Crippen LogP contribution in [-0.2, 0) is 6.42 Å². The first-order valence-electron chi connectivity index (χ1n) is 9.63. The molecule has 0 radical (unpaired) electrons. The molecule has 0 fully saturated rings. The van der Waals surface area contributed by atoms with Crippen molar-refractivity contribution < 1.29 is 22.7 Å². The minimum absolute atomic E-state index is 0.221. The lowest BCUT2D eigenvalue weighted by Crippen LogP contribution is -2.18. The number of rotatable bonds is 7. The summed E-state index contributed by atoms with van der Waals surface area (Å²) in [6.45, 7) is 0.341. The summed E-state index contributed by atoms with van der Waals surface area (Å²) in [6, 6.07) is 16.3. The molecule has 32 heavy (non-hydrogen) atoms. The summed E-state index contributed by atoms with van der Waals surface area (Å²) in [6.07, 6.45) is -2.78. The predicted octanol–water partition coefficient (Wildman–Crippen LogP) is 4.05. The monoisotopic (exact) mass is 441 g/mol. The van der Waals surface area contributed by atoms with E-state index in [1.807, 2.05) is 0 Å². The fourth-order valence-electron chi connectivity index (χ4n) is 3.23. The lowest BCUT2D eigenvalue weighted by molar-refractivity contribution is -0.274. The van der Waals surface area contributed by atoms with Gasteiger partial charge < -0.3 is 15.8 Å². The number of hydrogen-bond acceptors (Lipinski definition) is 5. The number of para-hydroxylation sites is 1. The molecule has 2 heterocycles. The minimum Gasteiger partial charge on any atom is -0.406 e. The number of imidazole rings is 1. The number of carbonyl (C=O) groups excluding carboxylic acids is 1. The summed E-state index contributed by atoms with van der Waals surface area (Å²) in [5, 5.41) is 7.63. The summed E-state index contributed by atoms with van der Waals surface area (Å²) >= 11 is 0. The number of amides is 1. The van der Waals surface area contributed by atoms with Crippen LogP contribution < -0.4 is 15.8 Å². The second-order valence-corrected chi connectivity index (χ2v) is 6.91. The van der Waals surface area contributed by atoms with Crippen molar-refractivity contribution in [2.75, 3.05) is 11.9 Å². The molecule has 0 atom stereocenters. The number of aromatic nitrogens is 3. The smallest absolute Gasteiger partial charge is 0.406 e. The van der Waals surface area contributed by atoms with E-state index in [1.54, 1.807) is 59.2 Å². The Balaban J connectivity index is 1.49. The molecule has 0 saturated carbocycles. The summed E-state index contributed by atoms with van der Waals surface area (Å²) in [5.74, 6) is -0.206. The van der Waals surface area contributed by atoms with Crippen molar-refractivity contribution in [3.8, 4) is 17.0 Å². The van der Waals surface area contributed by atoms with Crippen LogP contribution in [0, 0.1) is 0 Å². The fraction of sp³-hybridized carbons (Fsp3) is 0.136. The van der Waals surface area contributed by atoms with Crippen LogP contribution in [0.5, 0.6) is 5.75 Å². The van der Waals surface area contributed by atoms with Gasteiger partial charge in [0, 0.05) is 17.7 Å². The molecule has 2 aromatic carbocycles. The molecule has 0 aliphatic rings. The average Bonchev–Trinajstić information content (AvgIpc) is 3.17. The van der Waals surface area contributed by atoms with E-state index in [9.17, 15) is 18.0 Å². The van der Waals surface area contributed by atoms with Gasteiger partial charge in [-0.3, -0.25) is 4.79 Å². The zero-order valence-electron chi connectivity index (χ0n) is 16.6. The van der Waals surface area contributed by atoms with Gasteiger partial charge in [0.15, 0.2) is 5.65 Å². The van der Waals surface area contributed by atoms with Gasteiger partial charge in [-0.2, -0.15) is 0 Å². The van der Waals surface area contributed by atoms with Crippen LogP contribution in [-0.4, -0.2) is 33.4 Å². The van der Waals surface area contributed by atoms with Gasteiger partial charge in [-0.05, 0) is 42.3 Å². The van der Waals surface area contributed by atoms with E-state index in [1.165, 1.54) is 12.1 Å². The van der Waals surface area contributed by atoms with E-state index >= 15 is 0 Å². The summed E-state index contributed by atoms with van der Waals surface area (Å²) < 4.78 is 43.5. The molecule has 0 spiro atoms. The van der Waals surface area contributed by atoms with Crippen molar-refractivity contribution in [3.63, 3.8) is 0 Å². The van der Waals surface area contributed by atoms with Gasteiger partial charge in [0.1, 0.15) is 11.6 Å². The lowest BCUT2D eigenvalue weighted by Gasteiger charge is -2.13. The summed E-state index contributed by atoms with van der Waals surface area (Å²) in [4.78, 5) is 15.6. The van der Waals surface area contributed by atoms with Crippen molar-refractivity contribution in [1.82, 2.24) is 14.6 Å². The van der Waals surface area contributed by atoms with Crippen LogP contribution in [0.4, 0.5) is 19.0 Å². The first kappa shape index (κ1) is 21.2. The molecular formula is C22H18F3N5O2. The van der Waals surface area contributed by atoms with E-state index in [0.29, 0.717) is 41.3 Å². The fourth-order valence-corrected chi connectivity index (χ4v) is 3.23. The molecule has 10 heteroatoms. The molecule has 2 aromatic heterocycles. The average molecular weight is 441 g/mol. The molecule has 3 N–H and O–H groups in total. The zero-order valence-corrected chi connectivity index (χ0v) is 16.6. The zero-order chi connectivity index (χ0) is 22.7. The lowest BCUT2D eigenvalue weighted by atomic mass is 10.1. The Morgan fingerprint density at radius 1 is 1.06 bits per heavy atom. The standard InChI is InChI=1S/C22H18F3N5O2/c23-22(24,25)32-18-4-2-1-3-15(18)11-12-27-19-9-10-20-28-13-17(30(20)29-19)14-5-7-16(8-6-14)21(26)31/h1-10,13H,11-12H2,(H2,26,31)(H,27,29). The highest BCUT2D eigenvalue weighted by molar-refractivity contribution is 5.93. The number of anilines is 1. The van der Waals surface area contributed by atoms with Gasteiger partial charge in [0.2, 0.25) is 5.91 Å². The van der Waals surface area contributed by atoms with Gasteiger partial charge in [-0.25, -0.2) is 9.50 Å². The second-order valence-electron chi connectivity index (χ2n) is 6.91. The highest BCUT2D eigenvalue weighted by Crippen LogP contribution is 2.26. The maximum absolute atomic E-state index is 12.6. The SMILES string of the molecule is NC(=O)c1ccc(-c2cnc3ccc(NCCc4ccccc4OC(F)(F)F)nn23)cc1. The third-order valence-corrected chi connectivity index (χ3v) is 4.73. The maximum Gasteiger partial charge on any atom is 0.573 e. The number of nitrogens with zero attached hydrogens (tertiary/aromatic N) is 3. The topological polar surface area (TPSA) is 94.5 Å². The first-order valence-corrected chi connectivity index (χ1v) is 9.63. The van der Waals surface area contributed by atoms with Crippen LogP contribution in [0.1, 0.15) is 15.9 Å². The summed E-state index contributed by atoms with van der Waals surface area (Å²) in [5.41, 5.74) is 8.23. The third-order valence-electron chi connectivity index (χ3n) is 4.73. The third kappa shape index (κ3) is 4.80. The molecule has 4 rings (SSSR count). The molecule has 0 saturated heterocycles. The van der Waals surface area contributed by atoms with Crippen LogP contribution in [0.25, 0.3) is 16.9 Å². The maximum atomic E-state index is 12.6. The van der Waals surface area contributed by atoms with Gasteiger partial charge in [0.25, 0.3) is 0 Å². The Morgan fingerprint density at radius 2 is 1.81 bits per heavy atom. The van der Waals surface area contributed by atoms with Crippen LogP contribution in [0.2, 0.25) is 0 Å². The number of halogens is 3. The van der Waals surface area contributed by atoms with Crippen LogP contribution in [0.15, 0.2) is 66.9 Å². The van der Waals surface area contributed by atoms with Crippen LogP contribution in [0.3, 0.4) is 0 Å². The largest absolute Gasteiger partial charge is 0.573 e. The number of benzene rings is 2. The first-order chi connectivity index (χ1) is 15.3. The molecule has 7 nitrogen and oxygen atoms in total. The van der Waals surface area contributed by atoms with Gasteiger partial charge in [0.05, 0.1) is 11.9 Å². The number of primary amides is 1. The summed E-state index contributed by atoms with van der Waals surface area (Å²) in [7, 11) is 0. The van der Waals surface area contributed by atoms with Gasteiger partial charge in [-0.1, -0.05) is 30.3 Å². The normalized spacial score (nSPS) is 11.5. The van der Waals surface area contributed by atoms with Crippen molar-refractivity contribution in [1.29, 1.82) is 0 Å². The molecule has 0 bridgehead atoms. The van der Waals surface area contributed by atoms with E-state index in [4.69, 9.17) is 5.73 Å². The number of nitrogens with two attached hydrogens (primary N) is 1. The Bertz CT molecular complexity index is 1250. The quantitative estimate of drug-likeness (QED) is 0.451. The molecule has 164 valence electrons. The molecule has 1 amide bonds. The van der Waals surface area contributed by atoms with Crippen molar-refractivity contribution >= 4 is 17.4 Å².